The first-order chi connectivity index (χ1) is 5.40. The van der Waals surface area contributed by atoms with E-state index in [1.54, 1.807) is 11.8 Å². The Bertz CT molecular complexity index is 241. The van der Waals surface area contributed by atoms with Crippen LogP contribution in [0, 0.1) is 0 Å². The summed E-state index contributed by atoms with van der Waals surface area (Å²) >= 11 is 1.64. The van der Waals surface area contributed by atoms with Gasteiger partial charge in [0, 0.05) is 12.1 Å². The van der Waals surface area contributed by atoms with E-state index in [4.69, 9.17) is 0 Å². The van der Waals surface area contributed by atoms with Crippen molar-refractivity contribution in [3.63, 3.8) is 0 Å². The van der Waals surface area contributed by atoms with Gasteiger partial charge in [0.1, 0.15) is 5.03 Å². The van der Waals surface area contributed by atoms with E-state index in [2.05, 4.69) is 9.97 Å². The Kier molecular flexibility index (Phi) is 1.82. The van der Waals surface area contributed by atoms with E-state index >= 15 is 0 Å². The highest BCUT2D eigenvalue weighted by Gasteiger charge is 2.24. The van der Waals surface area contributed by atoms with Crippen molar-refractivity contribution < 1.29 is 0 Å². The van der Waals surface area contributed by atoms with Crippen LogP contribution >= 0.6 is 11.8 Å². The first-order valence-corrected chi connectivity index (χ1v) is 4.98. The highest BCUT2D eigenvalue weighted by Crippen LogP contribution is 2.38. The average molecular weight is 166 g/mol. The molecule has 0 aliphatic heterocycles. The van der Waals surface area contributed by atoms with Crippen molar-refractivity contribution in [3.05, 3.63) is 18.1 Å². The van der Waals surface area contributed by atoms with E-state index < -0.39 is 0 Å². The fourth-order valence-corrected chi connectivity index (χ4v) is 1.34. The van der Waals surface area contributed by atoms with Crippen LogP contribution in [0.5, 0.6) is 0 Å². The maximum absolute atomic E-state index is 4.33. The van der Waals surface area contributed by atoms with Crippen LogP contribution in [0.4, 0.5) is 0 Å². The van der Waals surface area contributed by atoms with Gasteiger partial charge in [-0.25, -0.2) is 4.98 Å². The second kappa shape index (κ2) is 2.81. The van der Waals surface area contributed by atoms with E-state index in [1.807, 2.05) is 18.6 Å². The maximum Gasteiger partial charge on any atom is 0.114 e. The fraction of sp³-hybridized carbons (Fsp3) is 0.500. The zero-order valence-electron chi connectivity index (χ0n) is 6.45. The molecule has 0 bridgehead atoms. The summed E-state index contributed by atoms with van der Waals surface area (Å²) in [5.41, 5.74) is 1.17. The van der Waals surface area contributed by atoms with E-state index in [0.717, 1.165) is 10.9 Å². The lowest BCUT2D eigenvalue weighted by atomic mass is 10.3. The van der Waals surface area contributed by atoms with Crippen LogP contribution in [0.25, 0.3) is 0 Å². The van der Waals surface area contributed by atoms with Crippen molar-refractivity contribution in [2.75, 3.05) is 6.26 Å². The van der Waals surface area contributed by atoms with Crippen molar-refractivity contribution in [3.8, 4) is 0 Å². The molecule has 1 fully saturated rings. The molecule has 1 aromatic rings. The highest BCUT2D eigenvalue weighted by molar-refractivity contribution is 7.98. The minimum absolute atomic E-state index is 0.721. The molecule has 0 amide bonds. The van der Waals surface area contributed by atoms with Gasteiger partial charge in [0.25, 0.3) is 0 Å². The van der Waals surface area contributed by atoms with Crippen molar-refractivity contribution >= 4 is 11.8 Å². The molecule has 1 aromatic heterocycles. The van der Waals surface area contributed by atoms with Crippen molar-refractivity contribution in [2.24, 2.45) is 0 Å². The Labute approximate surface area is 70.4 Å². The zero-order chi connectivity index (χ0) is 7.68. The summed E-state index contributed by atoms with van der Waals surface area (Å²) in [4.78, 5) is 8.59. The van der Waals surface area contributed by atoms with Gasteiger partial charge in [-0.3, -0.25) is 4.98 Å². The molecule has 3 heteroatoms. The summed E-state index contributed by atoms with van der Waals surface area (Å²) in [5.74, 6) is 0.721. The summed E-state index contributed by atoms with van der Waals surface area (Å²) in [5, 5.41) is 1.01. The van der Waals surface area contributed by atoms with Gasteiger partial charge in [0.15, 0.2) is 0 Å². The van der Waals surface area contributed by atoms with E-state index in [0.29, 0.717) is 0 Å². The third-order valence-electron chi connectivity index (χ3n) is 1.85. The number of thioether (sulfide) groups is 1. The van der Waals surface area contributed by atoms with Gasteiger partial charge in [-0.15, -0.1) is 11.8 Å². The summed E-state index contributed by atoms with van der Waals surface area (Å²) in [6.45, 7) is 0. The third-order valence-corrected chi connectivity index (χ3v) is 2.48. The molecule has 0 atom stereocenters. The topological polar surface area (TPSA) is 25.8 Å². The molecular formula is C8H10N2S. The quantitative estimate of drug-likeness (QED) is 0.629. The number of aromatic nitrogens is 2. The van der Waals surface area contributed by atoms with Gasteiger partial charge in [0.05, 0.1) is 11.9 Å². The lowest BCUT2D eigenvalue weighted by Gasteiger charge is -1.96. The van der Waals surface area contributed by atoms with Crippen LogP contribution in [-0.2, 0) is 0 Å². The Balaban J connectivity index is 2.19. The van der Waals surface area contributed by atoms with Gasteiger partial charge in [0.2, 0.25) is 0 Å². The molecule has 58 valence electrons. The second-order valence-corrected chi connectivity index (χ2v) is 3.58. The molecule has 0 saturated heterocycles. The van der Waals surface area contributed by atoms with Crippen LogP contribution in [-0.4, -0.2) is 16.2 Å². The predicted molar refractivity (Wildman–Crippen MR) is 45.8 cm³/mol. The number of nitrogens with zero attached hydrogens (tertiary/aromatic N) is 2. The minimum Gasteiger partial charge on any atom is -0.257 e. The normalized spacial score (nSPS) is 16.8. The molecular weight excluding hydrogens is 156 g/mol. The summed E-state index contributed by atoms with van der Waals surface area (Å²) in [6, 6.07) is 0. The summed E-state index contributed by atoms with van der Waals surface area (Å²) in [7, 11) is 0. The Morgan fingerprint density at radius 1 is 1.36 bits per heavy atom. The predicted octanol–water partition coefficient (Wildman–Crippen LogP) is 2.08. The largest absolute Gasteiger partial charge is 0.257 e. The summed E-state index contributed by atoms with van der Waals surface area (Å²) < 4.78 is 0. The van der Waals surface area contributed by atoms with Crippen LogP contribution in [0.2, 0.25) is 0 Å². The number of hydrogen-bond donors (Lipinski definition) is 0. The number of hydrogen-bond acceptors (Lipinski definition) is 3. The van der Waals surface area contributed by atoms with Gasteiger partial charge in [-0.05, 0) is 19.1 Å². The van der Waals surface area contributed by atoms with E-state index in [1.165, 1.54) is 18.5 Å². The van der Waals surface area contributed by atoms with Crippen molar-refractivity contribution in [1.29, 1.82) is 0 Å². The van der Waals surface area contributed by atoms with Gasteiger partial charge >= 0.3 is 0 Å². The Morgan fingerprint density at radius 3 is 2.64 bits per heavy atom. The number of rotatable bonds is 2. The van der Waals surface area contributed by atoms with Crippen LogP contribution in [0.1, 0.15) is 24.5 Å². The monoisotopic (exact) mass is 166 g/mol. The van der Waals surface area contributed by atoms with Crippen LogP contribution in [0.3, 0.4) is 0 Å². The maximum atomic E-state index is 4.33. The fourth-order valence-electron chi connectivity index (χ4n) is 1.02. The second-order valence-electron chi connectivity index (χ2n) is 2.76. The highest BCUT2D eigenvalue weighted by atomic mass is 32.2. The van der Waals surface area contributed by atoms with Crippen molar-refractivity contribution in [2.45, 2.75) is 23.8 Å². The Morgan fingerprint density at radius 2 is 2.18 bits per heavy atom. The van der Waals surface area contributed by atoms with Gasteiger partial charge in [-0.2, -0.15) is 0 Å². The molecule has 0 radical (unpaired) electrons. The molecule has 1 aliphatic rings. The molecule has 11 heavy (non-hydrogen) atoms. The molecule has 2 nitrogen and oxygen atoms in total. The molecule has 0 N–H and O–H groups in total. The van der Waals surface area contributed by atoms with Crippen LogP contribution < -0.4 is 0 Å². The lowest BCUT2D eigenvalue weighted by molar-refractivity contribution is 0.939. The average Bonchev–Trinajstić information content (AvgIpc) is 2.87. The first kappa shape index (κ1) is 7.10. The van der Waals surface area contributed by atoms with E-state index in [9.17, 15) is 0 Å². The van der Waals surface area contributed by atoms with Crippen molar-refractivity contribution in [1.82, 2.24) is 9.97 Å². The SMILES string of the molecule is CSc1cnc(C2CC2)cn1. The summed E-state index contributed by atoms with van der Waals surface area (Å²) in [6.07, 6.45) is 8.38. The van der Waals surface area contributed by atoms with Gasteiger partial charge in [-0.1, -0.05) is 0 Å². The van der Waals surface area contributed by atoms with Crippen LogP contribution in [0.15, 0.2) is 17.4 Å². The molecule has 2 rings (SSSR count). The lowest BCUT2D eigenvalue weighted by Crippen LogP contribution is -1.88. The minimum atomic E-state index is 0.721. The molecule has 0 aromatic carbocycles. The smallest absolute Gasteiger partial charge is 0.114 e. The zero-order valence-corrected chi connectivity index (χ0v) is 7.27. The molecule has 1 heterocycles. The Hall–Kier alpha value is -0.570. The molecule has 0 unspecified atom stereocenters. The third kappa shape index (κ3) is 1.53. The van der Waals surface area contributed by atoms with E-state index in [-0.39, 0.29) is 0 Å². The molecule has 1 aliphatic carbocycles. The standard InChI is InChI=1S/C8H10N2S/c1-11-8-5-9-7(4-10-8)6-2-3-6/h4-6H,2-3H2,1H3. The molecule has 1 saturated carbocycles. The first-order valence-electron chi connectivity index (χ1n) is 3.76. The molecule has 0 spiro atoms. The van der Waals surface area contributed by atoms with Gasteiger partial charge < -0.3 is 0 Å².